The van der Waals surface area contributed by atoms with Gasteiger partial charge in [-0.05, 0) is 31.6 Å². The highest BCUT2D eigenvalue weighted by atomic mass is 16.5. The van der Waals surface area contributed by atoms with Crippen LogP contribution >= 0.6 is 0 Å². The summed E-state index contributed by atoms with van der Waals surface area (Å²) in [5, 5.41) is 3.04. The highest BCUT2D eigenvalue weighted by molar-refractivity contribution is 5.89. The lowest BCUT2D eigenvalue weighted by atomic mass is 9.81. The van der Waals surface area contributed by atoms with Gasteiger partial charge in [-0.1, -0.05) is 12.8 Å². The maximum absolute atomic E-state index is 12.8. The van der Waals surface area contributed by atoms with Crippen LogP contribution in [0.5, 0.6) is 0 Å². The van der Waals surface area contributed by atoms with E-state index < -0.39 is 5.41 Å². The Morgan fingerprint density at radius 3 is 2.48 bits per heavy atom. The van der Waals surface area contributed by atoms with Gasteiger partial charge < -0.3 is 20.7 Å². The van der Waals surface area contributed by atoms with Gasteiger partial charge in [0, 0.05) is 32.1 Å². The maximum Gasteiger partial charge on any atom is 0.226 e. The smallest absolute Gasteiger partial charge is 0.226 e. The number of ether oxygens (including phenoxy) is 1. The summed E-state index contributed by atoms with van der Waals surface area (Å²) in [7, 11) is 0. The van der Waals surface area contributed by atoms with Gasteiger partial charge in [0.2, 0.25) is 11.8 Å². The number of carbonyl (C=O) groups is 2. The second-order valence-corrected chi connectivity index (χ2v) is 7.37. The molecule has 6 heteroatoms. The van der Waals surface area contributed by atoms with E-state index in [2.05, 4.69) is 5.32 Å². The molecule has 3 N–H and O–H groups in total. The summed E-state index contributed by atoms with van der Waals surface area (Å²) in [6, 6.07) is 0.0624. The maximum atomic E-state index is 12.8. The molecule has 2 aliphatic carbocycles. The topological polar surface area (TPSA) is 84.7 Å². The zero-order valence-electron chi connectivity index (χ0n) is 13.9. The summed E-state index contributed by atoms with van der Waals surface area (Å²) < 4.78 is 5.30. The minimum atomic E-state index is -0.515. The third-order valence-electron chi connectivity index (χ3n) is 5.62. The van der Waals surface area contributed by atoms with Crippen molar-refractivity contribution in [2.45, 2.75) is 51.0 Å². The number of nitrogens with one attached hydrogen (secondary N) is 1. The molecular formula is C17H29N3O3. The predicted octanol–water partition coefficient (Wildman–Crippen LogP) is 0.649. The van der Waals surface area contributed by atoms with E-state index in [1.807, 2.05) is 4.90 Å². The Morgan fingerprint density at radius 2 is 1.87 bits per heavy atom. The molecule has 0 bridgehead atoms. The van der Waals surface area contributed by atoms with E-state index >= 15 is 0 Å². The number of rotatable bonds is 6. The van der Waals surface area contributed by atoms with Gasteiger partial charge in [0.15, 0.2) is 0 Å². The first kappa shape index (κ1) is 16.7. The van der Waals surface area contributed by atoms with Crippen molar-refractivity contribution in [3.8, 4) is 0 Å². The lowest BCUT2D eigenvalue weighted by Crippen LogP contribution is -2.48. The van der Waals surface area contributed by atoms with Crippen LogP contribution in [0.25, 0.3) is 0 Å². The first-order chi connectivity index (χ1) is 11.1. The van der Waals surface area contributed by atoms with Crippen LogP contribution in [0.15, 0.2) is 0 Å². The number of amides is 2. The van der Waals surface area contributed by atoms with E-state index in [1.165, 1.54) is 12.8 Å². The Labute approximate surface area is 138 Å². The number of hydrogen-bond acceptors (Lipinski definition) is 4. The standard InChI is InChI=1S/C17H29N3O3/c18-14(13-3-4-13)12-19-16(22)17(5-1-2-6-17)11-15(21)20-7-9-23-10-8-20/h13-14H,1-12,18H2,(H,19,22). The fourth-order valence-electron chi connectivity index (χ4n) is 3.84. The number of nitrogens with two attached hydrogens (primary N) is 1. The van der Waals surface area contributed by atoms with Crippen LogP contribution in [-0.2, 0) is 14.3 Å². The Hall–Kier alpha value is -1.14. The number of morpholine rings is 1. The molecule has 0 aromatic rings. The summed E-state index contributed by atoms with van der Waals surface area (Å²) in [5.74, 6) is 0.703. The molecule has 0 radical (unpaired) electrons. The fourth-order valence-corrected chi connectivity index (χ4v) is 3.84. The van der Waals surface area contributed by atoms with Crippen LogP contribution in [0.2, 0.25) is 0 Å². The van der Waals surface area contributed by atoms with Crippen LogP contribution < -0.4 is 11.1 Å². The average Bonchev–Trinajstić information content (AvgIpc) is 3.33. The van der Waals surface area contributed by atoms with Gasteiger partial charge in [-0.25, -0.2) is 0 Å². The SMILES string of the molecule is NC(CNC(=O)C1(CC(=O)N2CCOCC2)CCCC1)C1CC1. The van der Waals surface area contributed by atoms with E-state index in [-0.39, 0.29) is 17.9 Å². The molecule has 3 fully saturated rings. The van der Waals surface area contributed by atoms with Gasteiger partial charge in [0.1, 0.15) is 0 Å². The van der Waals surface area contributed by atoms with Crippen molar-refractivity contribution in [2.75, 3.05) is 32.8 Å². The lowest BCUT2D eigenvalue weighted by Gasteiger charge is -2.32. The van der Waals surface area contributed by atoms with Crippen molar-refractivity contribution < 1.29 is 14.3 Å². The van der Waals surface area contributed by atoms with Crippen LogP contribution in [0.4, 0.5) is 0 Å². The van der Waals surface area contributed by atoms with Crippen LogP contribution in [0, 0.1) is 11.3 Å². The molecule has 1 saturated heterocycles. The van der Waals surface area contributed by atoms with Gasteiger partial charge in [-0.3, -0.25) is 9.59 Å². The van der Waals surface area contributed by atoms with E-state index in [0.717, 1.165) is 25.7 Å². The molecule has 1 atom stereocenters. The number of carbonyl (C=O) groups excluding carboxylic acids is 2. The van der Waals surface area contributed by atoms with Gasteiger partial charge >= 0.3 is 0 Å². The zero-order valence-corrected chi connectivity index (χ0v) is 13.9. The first-order valence-corrected chi connectivity index (χ1v) is 9.00. The molecular weight excluding hydrogens is 294 g/mol. The lowest BCUT2D eigenvalue weighted by molar-refractivity contribution is -0.143. The van der Waals surface area contributed by atoms with Crippen molar-refractivity contribution in [3.05, 3.63) is 0 Å². The van der Waals surface area contributed by atoms with E-state index in [0.29, 0.717) is 45.2 Å². The third kappa shape index (κ3) is 4.04. The van der Waals surface area contributed by atoms with Gasteiger partial charge in [0.25, 0.3) is 0 Å². The summed E-state index contributed by atoms with van der Waals surface area (Å²) >= 11 is 0. The second-order valence-electron chi connectivity index (χ2n) is 7.37. The average molecular weight is 323 g/mol. The van der Waals surface area contributed by atoms with Crippen molar-refractivity contribution in [1.82, 2.24) is 10.2 Å². The Kier molecular flexibility index (Phi) is 5.21. The normalized spacial score (nSPS) is 25.2. The van der Waals surface area contributed by atoms with Crippen LogP contribution in [0.3, 0.4) is 0 Å². The molecule has 23 heavy (non-hydrogen) atoms. The highest BCUT2D eigenvalue weighted by Crippen LogP contribution is 2.42. The molecule has 0 aromatic carbocycles. The molecule has 2 saturated carbocycles. The highest BCUT2D eigenvalue weighted by Gasteiger charge is 2.44. The summed E-state index contributed by atoms with van der Waals surface area (Å²) in [6.45, 7) is 3.02. The summed E-state index contributed by atoms with van der Waals surface area (Å²) in [4.78, 5) is 27.2. The molecule has 1 aliphatic heterocycles. The van der Waals surface area contributed by atoms with Crippen LogP contribution in [-0.4, -0.2) is 55.6 Å². The van der Waals surface area contributed by atoms with Gasteiger partial charge in [-0.2, -0.15) is 0 Å². The van der Waals surface area contributed by atoms with E-state index in [4.69, 9.17) is 10.5 Å². The molecule has 2 amide bonds. The van der Waals surface area contributed by atoms with Gasteiger partial charge in [0.05, 0.1) is 18.6 Å². The van der Waals surface area contributed by atoms with Crippen molar-refractivity contribution in [2.24, 2.45) is 17.1 Å². The third-order valence-corrected chi connectivity index (χ3v) is 5.62. The largest absolute Gasteiger partial charge is 0.378 e. The fraction of sp³-hybridized carbons (Fsp3) is 0.882. The van der Waals surface area contributed by atoms with Crippen molar-refractivity contribution in [3.63, 3.8) is 0 Å². The second kappa shape index (κ2) is 7.18. The monoisotopic (exact) mass is 323 g/mol. The minimum Gasteiger partial charge on any atom is -0.378 e. The molecule has 0 spiro atoms. The van der Waals surface area contributed by atoms with E-state index in [1.54, 1.807) is 0 Å². The van der Waals surface area contributed by atoms with Gasteiger partial charge in [-0.15, -0.1) is 0 Å². The summed E-state index contributed by atoms with van der Waals surface area (Å²) in [6.07, 6.45) is 6.37. The molecule has 3 rings (SSSR count). The predicted molar refractivity (Wildman–Crippen MR) is 86.6 cm³/mol. The molecule has 3 aliphatic rings. The number of nitrogens with zero attached hydrogens (tertiary/aromatic N) is 1. The minimum absolute atomic E-state index is 0.0349. The molecule has 1 unspecified atom stereocenters. The molecule has 6 nitrogen and oxygen atoms in total. The Bertz CT molecular complexity index is 438. The molecule has 130 valence electrons. The zero-order chi connectivity index (χ0) is 16.3. The Balaban J connectivity index is 1.56. The van der Waals surface area contributed by atoms with Crippen LogP contribution in [0.1, 0.15) is 44.9 Å². The quantitative estimate of drug-likeness (QED) is 0.751. The first-order valence-electron chi connectivity index (χ1n) is 9.00. The number of hydrogen-bond donors (Lipinski definition) is 2. The van der Waals surface area contributed by atoms with E-state index in [9.17, 15) is 9.59 Å². The Morgan fingerprint density at radius 1 is 1.22 bits per heavy atom. The molecule has 1 heterocycles. The van der Waals surface area contributed by atoms with Crippen molar-refractivity contribution in [1.29, 1.82) is 0 Å². The molecule has 0 aromatic heterocycles. The summed E-state index contributed by atoms with van der Waals surface area (Å²) in [5.41, 5.74) is 5.57. The van der Waals surface area contributed by atoms with Crippen molar-refractivity contribution >= 4 is 11.8 Å².